The van der Waals surface area contributed by atoms with Crippen molar-refractivity contribution in [3.8, 4) is 11.5 Å². The highest BCUT2D eigenvalue weighted by Gasteiger charge is 2.18. The molecule has 1 aliphatic heterocycles. The maximum atomic E-state index is 13.0. The molecule has 2 heterocycles. The third-order valence-electron chi connectivity index (χ3n) is 8.03. The molecule has 0 unspecified atom stereocenters. The first-order valence-electron chi connectivity index (χ1n) is 14.4. The summed E-state index contributed by atoms with van der Waals surface area (Å²) in [7, 11) is 1.96. The molecule has 0 aliphatic carbocycles. The van der Waals surface area contributed by atoms with E-state index >= 15 is 0 Å². The molecule has 0 atom stereocenters. The molecule has 0 spiro atoms. The van der Waals surface area contributed by atoms with Crippen LogP contribution < -0.4 is 9.64 Å². The molecule has 5 aromatic rings. The third kappa shape index (κ3) is 6.14. The van der Waals surface area contributed by atoms with Crippen LogP contribution in [0.3, 0.4) is 0 Å². The number of carbonyl (C=O) groups is 2. The van der Waals surface area contributed by atoms with E-state index in [1.165, 1.54) is 0 Å². The first kappa shape index (κ1) is 27.5. The second-order valence-corrected chi connectivity index (χ2v) is 11.0. The van der Waals surface area contributed by atoms with Crippen LogP contribution in [-0.4, -0.2) is 40.4 Å². The van der Waals surface area contributed by atoms with E-state index in [-0.39, 0.29) is 17.7 Å². The topological polar surface area (TPSA) is 71.8 Å². The molecule has 1 aromatic heterocycles. The van der Waals surface area contributed by atoms with Crippen LogP contribution in [0, 0.1) is 0 Å². The van der Waals surface area contributed by atoms with Crippen LogP contribution in [0.2, 0.25) is 0 Å². The number of anilines is 1. The number of rotatable bonds is 9. The van der Waals surface area contributed by atoms with Crippen molar-refractivity contribution in [1.82, 2.24) is 4.57 Å². The van der Waals surface area contributed by atoms with Crippen molar-refractivity contribution in [2.45, 2.75) is 31.8 Å². The highest BCUT2D eigenvalue weighted by Crippen LogP contribution is 2.26. The van der Waals surface area contributed by atoms with Crippen LogP contribution in [0.1, 0.15) is 44.7 Å². The summed E-state index contributed by atoms with van der Waals surface area (Å²) < 4.78 is 8.00. The highest BCUT2D eigenvalue weighted by molar-refractivity contribution is 6.08. The van der Waals surface area contributed by atoms with Crippen molar-refractivity contribution in [2.75, 3.05) is 18.0 Å². The van der Waals surface area contributed by atoms with Crippen molar-refractivity contribution in [3.63, 3.8) is 0 Å². The third-order valence-corrected chi connectivity index (χ3v) is 8.03. The van der Waals surface area contributed by atoms with Crippen molar-refractivity contribution < 1.29 is 19.4 Å². The summed E-state index contributed by atoms with van der Waals surface area (Å²) in [4.78, 5) is 28.2. The Labute approximate surface area is 245 Å². The van der Waals surface area contributed by atoms with Crippen LogP contribution in [0.15, 0.2) is 103 Å². The number of piperidine rings is 1. The zero-order valence-electron chi connectivity index (χ0n) is 23.7. The maximum Gasteiger partial charge on any atom is 0.169 e. The fraction of sp³-hybridized carbons (Fsp3) is 0.222. The molecule has 0 saturated carbocycles. The Kier molecular flexibility index (Phi) is 7.89. The second-order valence-electron chi connectivity index (χ2n) is 11.0. The second kappa shape index (κ2) is 12.0. The number of benzene rings is 4. The fourth-order valence-corrected chi connectivity index (χ4v) is 5.60. The van der Waals surface area contributed by atoms with Crippen LogP contribution in [0.25, 0.3) is 10.9 Å². The average Bonchev–Trinajstić information content (AvgIpc) is 3.36. The molecular formula is C36H34N2O4. The van der Waals surface area contributed by atoms with Crippen LogP contribution in [0.4, 0.5) is 5.69 Å². The standard InChI is InChI=1S/C36H34N2O4/c1-37-24-33(32-4-2-3-5-34(32)37)36(41)23-26-8-16-31(17-9-26)42-30-14-6-25(7-15-30)22-35(40)27-10-12-28(13-11-27)38-20-18-29(39)19-21-38/h2-17,24,29,39H,18-23H2,1H3. The maximum absolute atomic E-state index is 13.0. The van der Waals surface area contributed by atoms with Gasteiger partial charge in [-0.1, -0.05) is 42.5 Å². The predicted molar refractivity (Wildman–Crippen MR) is 166 cm³/mol. The Morgan fingerprint density at radius 1 is 0.762 bits per heavy atom. The number of aromatic nitrogens is 1. The zero-order valence-corrected chi connectivity index (χ0v) is 23.7. The Hall–Kier alpha value is -4.68. The number of ketones is 2. The van der Waals surface area contributed by atoms with Gasteiger partial charge in [-0.15, -0.1) is 0 Å². The molecule has 1 fully saturated rings. The number of fused-ring (bicyclic) bond motifs is 1. The molecule has 1 aliphatic rings. The van der Waals surface area contributed by atoms with Crippen LogP contribution >= 0.6 is 0 Å². The van der Waals surface area contributed by atoms with E-state index in [4.69, 9.17) is 4.74 Å². The lowest BCUT2D eigenvalue weighted by molar-refractivity contribution is 0.0985. The van der Waals surface area contributed by atoms with Crippen molar-refractivity contribution in [3.05, 3.63) is 126 Å². The van der Waals surface area contributed by atoms with Gasteiger partial charge in [0.05, 0.1) is 6.10 Å². The number of hydrogen-bond donors (Lipinski definition) is 1. The largest absolute Gasteiger partial charge is 0.457 e. The van der Waals surface area contributed by atoms with Crippen molar-refractivity contribution >= 4 is 28.2 Å². The molecule has 6 heteroatoms. The Bertz CT molecular complexity index is 1690. The average molecular weight is 559 g/mol. The summed E-state index contributed by atoms with van der Waals surface area (Å²) in [6, 6.07) is 30.9. The van der Waals surface area contributed by atoms with Gasteiger partial charge < -0.3 is 19.3 Å². The Morgan fingerprint density at radius 3 is 1.95 bits per heavy atom. The van der Waals surface area contributed by atoms with E-state index in [1.54, 1.807) is 0 Å². The summed E-state index contributed by atoms with van der Waals surface area (Å²) >= 11 is 0. The number of Topliss-reactive ketones (excluding diaryl/α,β-unsaturated/α-hetero) is 2. The number of carbonyl (C=O) groups excluding carboxylic acids is 2. The van der Waals surface area contributed by atoms with E-state index in [0.717, 1.165) is 59.2 Å². The number of aliphatic hydroxyl groups is 1. The van der Waals surface area contributed by atoms with E-state index in [0.29, 0.717) is 29.9 Å². The van der Waals surface area contributed by atoms with Gasteiger partial charge in [-0.2, -0.15) is 0 Å². The number of hydrogen-bond acceptors (Lipinski definition) is 5. The van der Waals surface area contributed by atoms with Crippen LogP contribution in [0.5, 0.6) is 11.5 Å². The van der Waals surface area contributed by atoms with Gasteiger partial charge in [0.1, 0.15) is 11.5 Å². The number of ether oxygens (including phenoxy) is 1. The molecule has 0 bridgehead atoms. The fourth-order valence-electron chi connectivity index (χ4n) is 5.60. The number of aliphatic hydroxyl groups excluding tert-OH is 1. The monoisotopic (exact) mass is 558 g/mol. The molecule has 42 heavy (non-hydrogen) atoms. The first-order valence-corrected chi connectivity index (χ1v) is 14.4. The van der Waals surface area contributed by atoms with E-state index in [1.807, 2.05) is 115 Å². The lowest BCUT2D eigenvalue weighted by Gasteiger charge is -2.31. The first-order chi connectivity index (χ1) is 20.4. The molecule has 6 rings (SSSR count). The molecule has 6 nitrogen and oxygen atoms in total. The molecular weight excluding hydrogens is 524 g/mol. The lowest BCUT2D eigenvalue weighted by atomic mass is 10.0. The summed E-state index contributed by atoms with van der Waals surface area (Å²) in [5.74, 6) is 1.52. The van der Waals surface area contributed by atoms with Gasteiger partial charge in [0, 0.05) is 66.9 Å². The van der Waals surface area contributed by atoms with Gasteiger partial charge in [0.15, 0.2) is 11.6 Å². The quantitative estimate of drug-likeness (QED) is 0.202. The molecule has 0 radical (unpaired) electrons. The minimum Gasteiger partial charge on any atom is -0.457 e. The number of para-hydroxylation sites is 1. The van der Waals surface area contributed by atoms with E-state index < -0.39 is 0 Å². The van der Waals surface area contributed by atoms with Crippen molar-refractivity contribution in [2.24, 2.45) is 7.05 Å². The molecule has 0 amide bonds. The predicted octanol–water partition coefficient (Wildman–Crippen LogP) is 6.78. The minimum atomic E-state index is -0.205. The minimum absolute atomic E-state index is 0.0675. The van der Waals surface area contributed by atoms with Gasteiger partial charge in [-0.05, 0) is 78.6 Å². The lowest BCUT2D eigenvalue weighted by Crippen LogP contribution is -2.35. The van der Waals surface area contributed by atoms with Gasteiger partial charge in [-0.25, -0.2) is 0 Å². The molecule has 1 N–H and O–H groups in total. The van der Waals surface area contributed by atoms with Gasteiger partial charge in [-0.3, -0.25) is 9.59 Å². The van der Waals surface area contributed by atoms with Gasteiger partial charge in [0.25, 0.3) is 0 Å². The molecule has 4 aromatic carbocycles. The number of aryl methyl sites for hydroxylation is 1. The molecule has 212 valence electrons. The van der Waals surface area contributed by atoms with E-state index in [9.17, 15) is 14.7 Å². The van der Waals surface area contributed by atoms with Gasteiger partial charge in [0.2, 0.25) is 0 Å². The van der Waals surface area contributed by atoms with Crippen LogP contribution in [-0.2, 0) is 19.9 Å². The van der Waals surface area contributed by atoms with Gasteiger partial charge >= 0.3 is 0 Å². The summed E-state index contributed by atoms with van der Waals surface area (Å²) in [6.45, 7) is 1.66. The van der Waals surface area contributed by atoms with Crippen molar-refractivity contribution in [1.29, 1.82) is 0 Å². The molecule has 1 saturated heterocycles. The highest BCUT2D eigenvalue weighted by atomic mass is 16.5. The summed E-state index contributed by atoms with van der Waals surface area (Å²) in [5.41, 5.74) is 5.41. The summed E-state index contributed by atoms with van der Waals surface area (Å²) in [5, 5.41) is 10.7. The smallest absolute Gasteiger partial charge is 0.169 e. The number of nitrogens with zero attached hydrogens (tertiary/aromatic N) is 2. The normalized spacial score (nSPS) is 13.8. The Morgan fingerprint density at radius 2 is 1.33 bits per heavy atom. The van der Waals surface area contributed by atoms with E-state index in [2.05, 4.69) is 4.90 Å². The zero-order chi connectivity index (χ0) is 29.1. The Balaban J connectivity index is 1.02. The SMILES string of the molecule is Cn1cc(C(=O)Cc2ccc(Oc3ccc(CC(=O)c4ccc(N5CCC(O)CC5)cc4)cc3)cc2)c2ccccc21. The summed E-state index contributed by atoms with van der Waals surface area (Å²) in [6.07, 6.45) is 3.89.